The lowest BCUT2D eigenvalue weighted by Crippen LogP contribution is -2.34. The second kappa shape index (κ2) is 7.62. The molecule has 118 valence electrons. The van der Waals surface area contributed by atoms with Gasteiger partial charge in [0.25, 0.3) is 5.69 Å². The van der Waals surface area contributed by atoms with Crippen molar-refractivity contribution in [2.45, 2.75) is 24.8 Å². The van der Waals surface area contributed by atoms with Gasteiger partial charge in [0.15, 0.2) is 4.90 Å². The normalized spacial score (nSPS) is 12.9. The van der Waals surface area contributed by atoms with Crippen molar-refractivity contribution < 1.29 is 13.3 Å². The van der Waals surface area contributed by atoms with Gasteiger partial charge in [0.2, 0.25) is 10.0 Å². The van der Waals surface area contributed by atoms with E-state index >= 15 is 0 Å². The molecule has 0 amide bonds. The lowest BCUT2D eigenvalue weighted by Gasteiger charge is -2.14. The van der Waals surface area contributed by atoms with Crippen molar-refractivity contribution in [3.8, 4) is 0 Å². The number of nitrogens with zero attached hydrogens (tertiary/aromatic N) is 1. The quantitative estimate of drug-likeness (QED) is 0.558. The summed E-state index contributed by atoms with van der Waals surface area (Å²) in [6.45, 7) is 3.71. The zero-order chi connectivity index (χ0) is 16.0. The Morgan fingerprint density at radius 2 is 2.10 bits per heavy atom. The van der Waals surface area contributed by atoms with Gasteiger partial charge in [-0.3, -0.25) is 10.1 Å². The Labute approximate surface area is 128 Å². The number of anilines is 1. The molecule has 0 aliphatic heterocycles. The van der Waals surface area contributed by atoms with Gasteiger partial charge in [-0.05, 0) is 24.8 Å². The maximum absolute atomic E-state index is 12.3. The molecular weight excluding hydrogens is 314 g/mol. The first-order valence-corrected chi connectivity index (χ1v) is 9.01. The first-order valence-electron chi connectivity index (χ1n) is 6.38. The van der Waals surface area contributed by atoms with E-state index in [-0.39, 0.29) is 10.9 Å². The summed E-state index contributed by atoms with van der Waals surface area (Å²) < 4.78 is 27.0. The molecule has 0 saturated carbocycles. The van der Waals surface area contributed by atoms with Crippen LogP contribution in [0.4, 0.5) is 11.4 Å². The van der Waals surface area contributed by atoms with Crippen molar-refractivity contribution >= 4 is 33.2 Å². The molecule has 1 atom stereocenters. The number of thioether (sulfide) groups is 1. The van der Waals surface area contributed by atoms with E-state index < -0.39 is 20.6 Å². The minimum atomic E-state index is -3.92. The molecule has 7 nitrogen and oxygen atoms in total. The second-order valence-electron chi connectivity index (χ2n) is 4.37. The molecule has 0 bridgehead atoms. The number of benzene rings is 1. The lowest BCUT2D eigenvalue weighted by molar-refractivity contribution is -0.387. The van der Waals surface area contributed by atoms with Crippen molar-refractivity contribution in [3.05, 3.63) is 28.3 Å². The number of nitro groups is 1. The Morgan fingerprint density at radius 1 is 1.43 bits per heavy atom. The van der Waals surface area contributed by atoms with Crippen LogP contribution in [0.5, 0.6) is 0 Å². The average Bonchev–Trinajstić information content (AvgIpc) is 2.43. The minimum absolute atomic E-state index is 0.302. The van der Waals surface area contributed by atoms with Gasteiger partial charge < -0.3 is 5.32 Å². The van der Waals surface area contributed by atoms with Gasteiger partial charge in [0.1, 0.15) is 0 Å². The highest BCUT2D eigenvalue weighted by Gasteiger charge is 2.27. The molecule has 0 fully saturated rings. The highest BCUT2D eigenvalue weighted by Crippen LogP contribution is 2.27. The van der Waals surface area contributed by atoms with E-state index in [1.165, 1.54) is 18.2 Å². The first kappa shape index (κ1) is 17.7. The van der Waals surface area contributed by atoms with Crippen LogP contribution in [-0.2, 0) is 10.0 Å². The first-order chi connectivity index (χ1) is 9.81. The van der Waals surface area contributed by atoms with E-state index in [4.69, 9.17) is 0 Å². The molecule has 1 aromatic rings. The molecule has 0 aliphatic carbocycles. The van der Waals surface area contributed by atoms with E-state index in [1.807, 2.05) is 6.92 Å². The zero-order valence-electron chi connectivity index (χ0n) is 12.1. The van der Waals surface area contributed by atoms with Crippen molar-refractivity contribution in [1.82, 2.24) is 4.72 Å². The fraction of sp³-hybridized carbons (Fsp3) is 0.500. The van der Waals surface area contributed by atoms with E-state index in [2.05, 4.69) is 10.0 Å². The average molecular weight is 333 g/mol. The second-order valence-corrected chi connectivity index (χ2v) is 7.37. The summed E-state index contributed by atoms with van der Waals surface area (Å²) in [6.07, 6.45) is 0. The van der Waals surface area contributed by atoms with Gasteiger partial charge in [-0.1, -0.05) is 6.92 Å². The summed E-state index contributed by atoms with van der Waals surface area (Å²) in [4.78, 5) is 10.1. The smallest absolute Gasteiger partial charge is 0.291 e. The summed E-state index contributed by atoms with van der Waals surface area (Å²) in [6, 6.07) is 3.64. The molecule has 0 heterocycles. The highest BCUT2D eigenvalue weighted by atomic mass is 32.2. The molecule has 0 radical (unpaired) electrons. The van der Waals surface area contributed by atoms with Crippen LogP contribution in [0.2, 0.25) is 0 Å². The molecule has 0 aliphatic rings. The number of hydrogen-bond acceptors (Lipinski definition) is 6. The van der Waals surface area contributed by atoms with E-state index in [0.29, 0.717) is 11.4 Å². The molecule has 21 heavy (non-hydrogen) atoms. The number of nitro benzene ring substituents is 1. The van der Waals surface area contributed by atoms with Gasteiger partial charge in [0, 0.05) is 30.6 Å². The van der Waals surface area contributed by atoms with Gasteiger partial charge in [-0.15, -0.1) is 0 Å². The van der Waals surface area contributed by atoms with Crippen molar-refractivity contribution in [2.75, 3.05) is 23.9 Å². The molecule has 1 unspecified atom stereocenters. The lowest BCUT2D eigenvalue weighted by atomic mass is 10.3. The minimum Gasteiger partial charge on any atom is -0.388 e. The van der Waals surface area contributed by atoms with Gasteiger partial charge in [0.05, 0.1) is 4.92 Å². The summed E-state index contributed by atoms with van der Waals surface area (Å²) in [5, 5.41) is 13.8. The van der Waals surface area contributed by atoms with Crippen molar-refractivity contribution in [1.29, 1.82) is 0 Å². The molecule has 0 spiro atoms. The highest BCUT2D eigenvalue weighted by molar-refractivity contribution is 7.99. The predicted molar refractivity (Wildman–Crippen MR) is 85.4 cm³/mol. The largest absolute Gasteiger partial charge is 0.388 e. The fourth-order valence-corrected chi connectivity index (χ4v) is 3.87. The Morgan fingerprint density at radius 3 is 2.62 bits per heavy atom. The number of hydrogen-bond donors (Lipinski definition) is 2. The van der Waals surface area contributed by atoms with Gasteiger partial charge >= 0.3 is 0 Å². The molecule has 9 heteroatoms. The fourth-order valence-electron chi connectivity index (χ4n) is 1.70. The standard InChI is InChI=1S/C12H19N3O4S2/c1-4-20-8-9(2)14-21(18,19)12-6-5-10(13-3)7-11(12)15(16)17/h5-7,9,13-14H,4,8H2,1-3H3. The third kappa shape index (κ3) is 4.87. The van der Waals surface area contributed by atoms with Crippen LogP contribution in [0.15, 0.2) is 23.1 Å². The van der Waals surface area contributed by atoms with Crippen LogP contribution in [0.25, 0.3) is 0 Å². The van der Waals surface area contributed by atoms with Crippen molar-refractivity contribution in [3.63, 3.8) is 0 Å². The summed E-state index contributed by atoms with van der Waals surface area (Å²) in [7, 11) is -2.32. The maximum atomic E-state index is 12.3. The molecule has 1 aromatic carbocycles. The predicted octanol–water partition coefficient (Wildman–Crippen LogP) is 2.06. The molecule has 2 N–H and O–H groups in total. The van der Waals surface area contributed by atoms with Crippen LogP contribution in [-0.4, -0.2) is 37.9 Å². The summed E-state index contributed by atoms with van der Waals surface area (Å²) in [5.74, 6) is 1.49. The number of sulfonamides is 1. The molecule has 1 rings (SSSR count). The Hall–Kier alpha value is -1.32. The maximum Gasteiger partial charge on any atom is 0.291 e. The summed E-state index contributed by atoms with van der Waals surface area (Å²) in [5.41, 5.74) is 0.0416. The van der Waals surface area contributed by atoms with Gasteiger partial charge in [-0.2, -0.15) is 11.8 Å². The van der Waals surface area contributed by atoms with Crippen LogP contribution in [0.3, 0.4) is 0 Å². The van der Waals surface area contributed by atoms with Crippen molar-refractivity contribution in [2.24, 2.45) is 0 Å². The van der Waals surface area contributed by atoms with Gasteiger partial charge in [-0.25, -0.2) is 13.1 Å². The molecule has 0 saturated heterocycles. The molecule has 0 aromatic heterocycles. The van der Waals surface area contributed by atoms with Crippen LogP contribution in [0.1, 0.15) is 13.8 Å². The van der Waals surface area contributed by atoms with E-state index in [9.17, 15) is 18.5 Å². The Kier molecular flexibility index (Phi) is 6.43. The van der Waals surface area contributed by atoms with Crippen LogP contribution in [0, 0.1) is 10.1 Å². The number of rotatable bonds is 8. The van der Waals surface area contributed by atoms with Crippen LogP contribution >= 0.6 is 11.8 Å². The molecular formula is C12H19N3O4S2. The van der Waals surface area contributed by atoms with E-state index in [0.717, 1.165) is 5.75 Å². The third-order valence-corrected chi connectivity index (χ3v) is 5.44. The Balaban J connectivity index is 3.10. The summed E-state index contributed by atoms with van der Waals surface area (Å²) >= 11 is 1.60. The number of nitrogens with one attached hydrogen (secondary N) is 2. The third-order valence-electron chi connectivity index (χ3n) is 2.66. The zero-order valence-corrected chi connectivity index (χ0v) is 13.8. The monoisotopic (exact) mass is 333 g/mol. The van der Waals surface area contributed by atoms with Crippen LogP contribution < -0.4 is 10.0 Å². The SMILES string of the molecule is CCSCC(C)NS(=O)(=O)c1ccc(NC)cc1[N+](=O)[O-]. The topological polar surface area (TPSA) is 101 Å². The van der Waals surface area contributed by atoms with E-state index in [1.54, 1.807) is 25.7 Å². The Bertz CT molecular complexity index is 605.